The van der Waals surface area contributed by atoms with Gasteiger partial charge in [-0.15, -0.1) is 0 Å². The quantitative estimate of drug-likeness (QED) is 0.489. The fraction of sp³-hybridized carbons (Fsp3) is 0.364. The minimum Gasteiger partial charge on any atom is -0.328 e. The summed E-state index contributed by atoms with van der Waals surface area (Å²) in [4.78, 5) is 6.75. The van der Waals surface area contributed by atoms with Crippen molar-refractivity contribution in [1.29, 1.82) is 0 Å². The van der Waals surface area contributed by atoms with Crippen LogP contribution < -0.4 is 10.3 Å². The van der Waals surface area contributed by atoms with Gasteiger partial charge in [-0.2, -0.15) is 4.40 Å². The number of rotatable bonds is 7. The van der Waals surface area contributed by atoms with E-state index >= 15 is 0 Å². The van der Waals surface area contributed by atoms with E-state index in [1.165, 1.54) is 11.8 Å². The highest BCUT2D eigenvalue weighted by Crippen LogP contribution is 2.13. The van der Waals surface area contributed by atoms with Crippen molar-refractivity contribution in [3.63, 3.8) is 0 Å². The van der Waals surface area contributed by atoms with Crippen molar-refractivity contribution in [2.45, 2.75) is 45.4 Å². The van der Waals surface area contributed by atoms with Gasteiger partial charge in [0.1, 0.15) is 30.0 Å². The first kappa shape index (κ1) is 19.5. The van der Waals surface area contributed by atoms with Crippen molar-refractivity contribution in [1.82, 2.24) is 18.7 Å². The first-order valence-electron chi connectivity index (χ1n) is 9.98. The number of nitrogens with zero attached hydrogens (tertiary/aromatic N) is 5. The Labute approximate surface area is 170 Å². The van der Waals surface area contributed by atoms with Crippen LogP contribution in [-0.4, -0.2) is 37.8 Å². The molecule has 2 unspecified atom stereocenters. The van der Waals surface area contributed by atoms with Crippen molar-refractivity contribution >= 4 is 11.3 Å². The van der Waals surface area contributed by atoms with Gasteiger partial charge in [-0.25, -0.2) is 13.9 Å². The van der Waals surface area contributed by atoms with Crippen LogP contribution in [0.4, 0.5) is 4.39 Å². The Morgan fingerprint density at radius 2 is 1.97 bits per heavy atom. The third-order valence-electron chi connectivity index (χ3n) is 5.46. The van der Waals surface area contributed by atoms with Gasteiger partial charge >= 0.3 is 0 Å². The number of nitrogens with two attached hydrogens (primary N) is 1. The van der Waals surface area contributed by atoms with E-state index < -0.39 is 0 Å². The number of aromatic nitrogens is 4. The van der Waals surface area contributed by atoms with Crippen LogP contribution >= 0.6 is 0 Å². The molecule has 0 saturated heterocycles. The minimum atomic E-state index is -0.238. The maximum atomic E-state index is 13.9. The predicted molar refractivity (Wildman–Crippen MR) is 111 cm³/mol. The van der Waals surface area contributed by atoms with Crippen LogP contribution in [0.1, 0.15) is 25.2 Å². The van der Waals surface area contributed by atoms with Gasteiger partial charge in [0.15, 0.2) is 0 Å². The fourth-order valence-electron chi connectivity index (χ4n) is 3.80. The minimum absolute atomic E-state index is 0.0402. The molecule has 0 bridgehead atoms. The molecule has 0 saturated carbocycles. The normalized spacial score (nSPS) is 14.1. The van der Waals surface area contributed by atoms with E-state index in [1.54, 1.807) is 12.3 Å². The summed E-state index contributed by atoms with van der Waals surface area (Å²) in [6, 6.07) is 9.41. The number of imidazole rings is 2. The Hall–Kier alpha value is -2.77. The molecule has 0 aromatic carbocycles. The SMILES string of the molecule is CC(N)Cc1c[n+](CN(C)C(C)Cc2cnc3ccccn23)c2cc(F)ccn12. The van der Waals surface area contributed by atoms with E-state index in [-0.39, 0.29) is 17.9 Å². The van der Waals surface area contributed by atoms with Crippen molar-refractivity contribution in [2.75, 3.05) is 7.05 Å². The average molecular weight is 396 g/mol. The Morgan fingerprint density at radius 1 is 1.14 bits per heavy atom. The summed E-state index contributed by atoms with van der Waals surface area (Å²) in [5.41, 5.74) is 10.1. The van der Waals surface area contributed by atoms with Crippen LogP contribution in [0, 0.1) is 5.82 Å². The number of fused-ring (bicyclic) bond motifs is 2. The lowest BCUT2D eigenvalue weighted by molar-refractivity contribution is -0.691. The molecule has 7 heteroatoms. The summed E-state index contributed by atoms with van der Waals surface area (Å²) in [5, 5.41) is 0. The standard InChI is InChI=1S/C22H28FN6/c1-16(24)10-20-14-27(22-12-18(23)7-9-29(20)22)15-26(3)17(2)11-19-13-25-21-6-4-5-8-28(19)21/h4-9,12-14,16-17H,10-11,15,24H2,1-3H3/q+1. The Kier molecular flexibility index (Phi) is 5.34. The predicted octanol–water partition coefficient (Wildman–Crippen LogP) is 2.42. The zero-order chi connectivity index (χ0) is 20.5. The molecule has 4 heterocycles. The Morgan fingerprint density at radius 3 is 2.76 bits per heavy atom. The monoisotopic (exact) mass is 395 g/mol. The van der Waals surface area contributed by atoms with Crippen molar-refractivity contribution in [2.24, 2.45) is 5.73 Å². The van der Waals surface area contributed by atoms with Crippen LogP contribution in [0.25, 0.3) is 11.3 Å². The van der Waals surface area contributed by atoms with E-state index in [0.29, 0.717) is 6.67 Å². The summed E-state index contributed by atoms with van der Waals surface area (Å²) < 4.78 is 20.1. The molecule has 0 spiro atoms. The van der Waals surface area contributed by atoms with Gasteiger partial charge in [0.2, 0.25) is 0 Å². The lowest BCUT2D eigenvalue weighted by Gasteiger charge is -2.22. The average Bonchev–Trinajstić information content (AvgIpc) is 3.23. The van der Waals surface area contributed by atoms with Crippen molar-refractivity contribution < 1.29 is 8.96 Å². The molecule has 0 fully saturated rings. The maximum absolute atomic E-state index is 13.9. The van der Waals surface area contributed by atoms with Crippen LogP contribution in [0.2, 0.25) is 0 Å². The van der Waals surface area contributed by atoms with E-state index in [1.807, 2.05) is 41.9 Å². The molecule has 0 aliphatic rings. The van der Waals surface area contributed by atoms with Gasteiger partial charge in [-0.3, -0.25) is 4.90 Å². The summed E-state index contributed by atoms with van der Waals surface area (Å²) >= 11 is 0. The third-order valence-corrected chi connectivity index (χ3v) is 5.46. The smallest absolute Gasteiger partial charge is 0.290 e. The molecule has 2 N–H and O–H groups in total. The van der Waals surface area contributed by atoms with Gasteiger partial charge < -0.3 is 10.1 Å². The topological polar surface area (TPSA) is 54.8 Å². The number of pyridine rings is 2. The van der Waals surface area contributed by atoms with E-state index in [4.69, 9.17) is 5.73 Å². The number of hydrogen-bond acceptors (Lipinski definition) is 3. The van der Waals surface area contributed by atoms with Gasteiger partial charge in [-0.05, 0) is 33.0 Å². The maximum Gasteiger partial charge on any atom is 0.290 e. The molecule has 0 amide bonds. The molecule has 29 heavy (non-hydrogen) atoms. The van der Waals surface area contributed by atoms with Gasteiger partial charge in [0, 0.05) is 49.1 Å². The second kappa shape index (κ2) is 7.93. The second-order valence-electron chi connectivity index (χ2n) is 7.97. The van der Waals surface area contributed by atoms with E-state index in [2.05, 4.69) is 39.0 Å². The number of halogens is 1. The zero-order valence-electron chi connectivity index (χ0n) is 17.2. The first-order chi connectivity index (χ1) is 13.9. The molecule has 152 valence electrons. The molecule has 4 aromatic heterocycles. The van der Waals surface area contributed by atoms with Crippen LogP contribution in [0.3, 0.4) is 0 Å². The lowest BCUT2D eigenvalue weighted by Crippen LogP contribution is -2.45. The van der Waals surface area contributed by atoms with E-state index in [9.17, 15) is 4.39 Å². The van der Waals surface area contributed by atoms with Crippen molar-refractivity contribution in [3.05, 3.63) is 72.3 Å². The van der Waals surface area contributed by atoms with Gasteiger partial charge in [-0.1, -0.05) is 6.07 Å². The Bertz CT molecular complexity index is 1130. The highest BCUT2D eigenvalue weighted by Gasteiger charge is 2.21. The molecule has 0 radical (unpaired) electrons. The molecule has 4 aromatic rings. The van der Waals surface area contributed by atoms with Crippen LogP contribution in [0.15, 0.2) is 55.1 Å². The van der Waals surface area contributed by atoms with Crippen LogP contribution in [-0.2, 0) is 19.5 Å². The number of hydrogen-bond donors (Lipinski definition) is 1. The van der Waals surface area contributed by atoms with Gasteiger partial charge in [0.05, 0.1) is 12.3 Å². The van der Waals surface area contributed by atoms with Gasteiger partial charge in [0.25, 0.3) is 5.65 Å². The summed E-state index contributed by atoms with van der Waals surface area (Å²) in [6.45, 7) is 4.84. The highest BCUT2D eigenvalue weighted by molar-refractivity contribution is 5.40. The van der Waals surface area contributed by atoms with Crippen LogP contribution in [0.5, 0.6) is 0 Å². The summed E-state index contributed by atoms with van der Waals surface area (Å²) in [7, 11) is 2.09. The molecule has 0 aliphatic heterocycles. The summed E-state index contributed by atoms with van der Waals surface area (Å²) in [6.07, 6.45) is 9.45. The number of likely N-dealkylation sites (N-methyl/N-ethyl adjacent to an activating group) is 1. The highest BCUT2D eigenvalue weighted by atomic mass is 19.1. The molecular formula is C22H28FN6+. The molecular weight excluding hydrogens is 367 g/mol. The summed E-state index contributed by atoms with van der Waals surface area (Å²) in [5.74, 6) is -0.238. The lowest BCUT2D eigenvalue weighted by atomic mass is 10.2. The molecule has 0 aliphatic carbocycles. The fourth-order valence-corrected chi connectivity index (χ4v) is 3.80. The molecule has 2 atom stereocenters. The molecule has 6 nitrogen and oxygen atoms in total. The first-order valence-corrected chi connectivity index (χ1v) is 9.98. The zero-order valence-corrected chi connectivity index (χ0v) is 17.2. The molecule has 4 rings (SSSR count). The van der Waals surface area contributed by atoms with Crippen molar-refractivity contribution in [3.8, 4) is 0 Å². The Balaban J connectivity index is 1.56. The second-order valence-corrected chi connectivity index (χ2v) is 7.97. The largest absolute Gasteiger partial charge is 0.328 e. The van der Waals surface area contributed by atoms with E-state index in [0.717, 1.165) is 29.8 Å². The third kappa shape index (κ3) is 4.02.